The topological polar surface area (TPSA) is 75.6 Å². The number of carbonyl (C=O) groups is 2. The Morgan fingerprint density at radius 3 is 3.06 bits per heavy atom. The number of carboxylic acid groups (broad SMARTS) is 1. The lowest BCUT2D eigenvalue weighted by Gasteiger charge is -2.08. The molecule has 1 aliphatic rings. The molecule has 0 saturated carbocycles. The van der Waals surface area contributed by atoms with Gasteiger partial charge in [-0.1, -0.05) is 6.07 Å². The summed E-state index contributed by atoms with van der Waals surface area (Å²) >= 11 is 0. The number of carboxylic acids is 1. The van der Waals surface area contributed by atoms with Crippen molar-refractivity contribution in [2.45, 2.75) is 12.8 Å². The van der Waals surface area contributed by atoms with Crippen molar-refractivity contribution < 1.29 is 19.4 Å². The van der Waals surface area contributed by atoms with Crippen molar-refractivity contribution in [2.75, 3.05) is 11.9 Å². The van der Waals surface area contributed by atoms with Crippen molar-refractivity contribution in [3.8, 4) is 5.75 Å². The molecule has 84 valence electrons. The highest BCUT2D eigenvalue weighted by molar-refractivity contribution is 6.00. The van der Waals surface area contributed by atoms with Crippen LogP contribution in [0, 0.1) is 0 Å². The molecule has 5 nitrogen and oxygen atoms in total. The maximum Gasteiger partial charge on any atom is 0.306 e. The lowest BCUT2D eigenvalue weighted by molar-refractivity contribution is -0.137. The Morgan fingerprint density at radius 2 is 2.31 bits per heavy atom. The number of hydrogen-bond acceptors (Lipinski definition) is 3. The molecule has 2 rings (SSSR count). The predicted molar refractivity (Wildman–Crippen MR) is 56.5 cm³/mol. The largest absolute Gasteiger partial charge is 0.493 e. The van der Waals surface area contributed by atoms with Gasteiger partial charge in [0.05, 0.1) is 19.4 Å². The van der Waals surface area contributed by atoms with Crippen LogP contribution in [-0.2, 0) is 16.0 Å². The second-order valence-corrected chi connectivity index (χ2v) is 3.50. The van der Waals surface area contributed by atoms with Gasteiger partial charge in [0.2, 0.25) is 5.91 Å². The molecule has 1 aromatic carbocycles. The normalized spacial score (nSPS) is 13.1. The number of carbonyl (C=O) groups excluding carboxylic acids is 1. The van der Waals surface area contributed by atoms with E-state index in [1.807, 2.05) is 0 Å². The fraction of sp³-hybridized carbons (Fsp3) is 0.273. The van der Waals surface area contributed by atoms with Crippen LogP contribution in [0.25, 0.3) is 0 Å². The molecule has 2 N–H and O–H groups in total. The van der Waals surface area contributed by atoms with Crippen LogP contribution < -0.4 is 10.1 Å². The maximum absolute atomic E-state index is 11.2. The van der Waals surface area contributed by atoms with E-state index in [-0.39, 0.29) is 18.9 Å². The first kappa shape index (κ1) is 10.5. The Balaban J connectivity index is 2.08. The third kappa shape index (κ3) is 2.13. The quantitative estimate of drug-likeness (QED) is 0.796. The molecule has 0 bridgehead atoms. The summed E-state index contributed by atoms with van der Waals surface area (Å²) in [5, 5.41) is 11.2. The van der Waals surface area contributed by atoms with E-state index in [0.717, 1.165) is 11.3 Å². The third-order valence-corrected chi connectivity index (χ3v) is 2.32. The smallest absolute Gasteiger partial charge is 0.306 e. The Labute approximate surface area is 92.0 Å². The van der Waals surface area contributed by atoms with Crippen molar-refractivity contribution in [1.29, 1.82) is 0 Å². The van der Waals surface area contributed by atoms with Gasteiger partial charge in [-0.2, -0.15) is 0 Å². The van der Waals surface area contributed by atoms with Gasteiger partial charge in [-0.05, 0) is 12.1 Å². The number of ether oxygens (including phenoxy) is 1. The molecular weight excluding hydrogens is 210 g/mol. The Morgan fingerprint density at radius 1 is 1.50 bits per heavy atom. The number of anilines is 1. The SMILES string of the molecule is O=C(O)CCOc1cccc2c1CC(=O)N2. The highest BCUT2D eigenvalue weighted by Crippen LogP contribution is 2.31. The van der Waals surface area contributed by atoms with Crippen LogP contribution in [0.15, 0.2) is 18.2 Å². The van der Waals surface area contributed by atoms with E-state index >= 15 is 0 Å². The van der Waals surface area contributed by atoms with E-state index in [1.54, 1.807) is 18.2 Å². The number of fused-ring (bicyclic) bond motifs is 1. The molecule has 0 aromatic heterocycles. The zero-order valence-corrected chi connectivity index (χ0v) is 8.53. The zero-order chi connectivity index (χ0) is 11.5. The summed E-state index contributed by atoms with van der Waals surface area (Å²) in [6.45, 7) is 0.111. The molecule has 16 heavy (non-hydrogen) atoms. The minimum Gasteiger partial charge on any atom is -0.493 e. The minimum atomic E-state index is -0.901. The fourth-order valence-electron chi connectivity index (χ4n) is 1.60. The number of nitrogens with one attached hydrogen (secondary N) is 1. The Hall–Kier alpha value is -2.04. The summed E-state index contributed by atoms with van der Waals surface area (Å²) in [6, 6.07) is 5.30. The maximum atomic E-state index is 11.2. The van der Waals surface area contributed by atoms with Crippen LogP contribution in [0.4, 0.5) is 5.69 Å². The Kier molecular flexibility index (Phi) is 2.76. The van der Waals surface area contributed by atoms with E-state index in [0.29, 0.717) is 12.2 Å². The fourth-order valence-corrected chi connectivity index (χ4v) is 1.60. The van der Waals surface area contributed by atoms with Crippen LogP contribution in [0.3, 0.4) is 0 Å². The zero-order valence-electron chi connectivity index (χ0n) is 8.53. The van der Waals surface area contributed by atoms with Crippen LogP contribution in [-0.4, -0.2) is 23.6 Å². The van der Waals surface area contributed by atoms with Crippen molar-refractivity contribution in [3.63, 3.8) is 0 Å². The number of rotatable bonds is 4. The van der Waals surface area contributed by atoms with Crippen molar-refractivity contribution >= 4 is 17.6 Å². The average Bonchev–Trinajstić information content (AvgIpc) is 2.58. The summed E-state index contributed by atoms with van der Waals surface area (Å²) in [5.74, 6) is -0.386. The van der Waals surface area contributed by atoms with Crippen LogP contribution in [0.2, 0.25) is 0 Å². The molecule has 1 aliphatic heterocycles. The first-order chi connectivity index (χ1) is 7.66. The van der Waals surface area contributed by atoms with Crippen molar-refractivity contribution in [3.05, 3.63) is 23.8 Å². The van der Waals surface area contributed by atoms with Gasteiger partial charge in [0.15, 0.2) is 0 Å². The van der Waals surface area contributed by atoms with E-state index in [9.17, 15) is 9.59 Å². The molecule has 0 atom stereocenters. The predicted octanol–water partition coefficient (Wildman–Crippen LogP) is 1.03. The molecule has 0 spiro atoms. The lowest BCUT2D eigenvalue weighted by Crippen LogP contribution is -2.06. The highest BCUT2D eigenvalue weighted by atomic mass is 16.5. The monoisotopic (exact) mass is 221 g/mol. The lowest BCUT2D eigenvalue weighted by atomic mass is 10.1. The van der Waals surface area contributed by atoms with Gasteiger partial charge < -0.3 is 15.2 Å². The summed E-state index contributed by atoms with van der Waals surface area (Å²) in [7, 11) is 0. The number of benzene rings is 1. The molecule has 1 aromatic rings. The second-order valence-electron chi connectivity index (χ2n) is 3.50. The molecule has 0 fully saturated rings. The average molecular weight is 221 g/mol. The highest BCUT2D eigenvalue weighted by Gasteiger charge is 2.21. The van der Waals surface area contributed by atoms with Crippen LogP contribution >= 0.6 is 0 Å². The minimum absolute atomic E-state index is 0.0506. The number of amides is 1. The van der Waals surface area contributed by atoms with E-state index in [2.05, 4.69) is 5.32 Å². The molecule has 5 heteroatoms. The van der Waals surface area contributed by atoms with Gasteiger partial charge >= 0.3 is 5.97 Å². The Bertz CT molecular complexity index is 442. The van der Waals surface area contributed by atoms with Gasteiger partial charge in [0, 0.05) is 11.3 Å². The molecule has 0 saturated heterocycles. The van der Waals surface area contributed by atoms with Gasteiger partial charge in [0.1, 0.15) is 5.75 Å². The standard InChI is InChI=1S/C11H11NO4/c13-10-6-7-8(12-10)2-1-3-9(7)16-5-4-11(14)15/h1-3H,4-6H2,(H,12,13)(H,14,15). The molecule has 1 heterocycles. The number of aliphatic carboxylic acids is 1. The summed E-state index contributed by atoms with van der Waals surface area (Å²) in [5.41, 5.74) is 1.55. The summed E-state index contributed by atoms with van der Waals surface area (Å²) in [6.07, 6.45) is 0.240. The molecule has 0 radical (unpaired) electrons. The van der Waals surface area contributed by atoms with Gasteiger partial charge in [0.25, 0.3) is 0 Å². The first-order valence-corrected chi connectivity index (χ1v) is 4.93. The van der Waals surface area contributed by atoms with Gasteiger partial charge in [-0.15, -0.1) is 0 Å². The van der Waals surface area contributed by atoms with Crippen LogP contribution in [0.5, 0.6) is 5.75 Å². The van der Waals surface area contributed by atoms with E-state index in [4.69, 9.17) is 9.84 Å². The van der Waals surface area contributed by atoms with E-state index in [1.165, 1.54) is 0 Å². The summed E-state index contributed by atoms with van der Waals surface area (Å²) in [4.78, 5) is 21.5. The van der Waals surface area contributed by atoms with Crippen molar-refractivity contribution in [2.24, 2.45) is 0 Å². The molecular formula is C11H11NO4. The molecule has 0 unspecified atom stereocenters. The number of hydrogen-bond donors (Lipinski definition) is 2. The first-order valence-electron chi connectivity index (χ1n) is 4.93. The molecule has 1 amide bonds. The second kappa shape index (κ2) is 4.22. The molecule has 0 aliphatic carbocycles. The third-order valence-electron chi connectivity index (χ3n) is 2.32. The van der Waals surface area contributed by atoms with Gasteiger partial charge in [-0.3, -0.25) is 9.59 Å². The van der Waals surface area contributed by atoms with Crippen LogP contribution in [0.1, 0.15) is 12.0 Å². The van der Waals surface area contributed by atoms with Gasteiger partial charge in [-0.25, -0.2) is 0 Å². The van der Waals surface area contributed by atoms with Crippen molar-refractivity contribution in [1.82, 2.24) is 0 Å². The van der Waals surface area contributed by atoms with E-state index < -0.39 is 5.97 Å². The summed E-state index contributed by atoms with van der Waals surface area (Å²) < 4.78 is 5.33.